The standard InChI is InChI=1S/C24H44N/c1-5-6-7-8-9-10-11-12-13-14-15-16-17-18-20-25-21-19-22(2)23(3)24(25)4/h19,21H,5-18,20H2,1-4H3/q+1. The minimum atomic E-state index is 1.19. The molecule has 0 radical (unpaired) electrons. The van der Waals surface area contributed by atoms with Crippen molar-refractivity contribution in [1.29, 1.82) is 0 Å². The Labute approximate surface area is 158 Å². The molecule has 0 spiro atoms. The fourth-order valence-electron chi connectivity index (χ4n) is 3.66. The molecule has 0 N–H and O–H groups in total. The molecular weight excluding hydrogens is 302 g/mol. The highest BCUT2D eigenvalue weighted by Gasteiger charge is 2.10. The van der Waals surface area contributed by atoms with Gasteiger partial charge in [0.15, 0.2) is 11.9 Å². The quantitative estimate of drug-likeness (QED) is 0.230. The summed E-state index contributed by atoms with van der Waals surface area (Å²) >= 11 is 0. The van der Waals surface area contributed by atoms with Gasteiger partial charge in [0.1, 0.15) is 6.54 Å². The second kappa shape index (κ2) is 14.3. The molecule has 0 bridgehead atoms. The first-order chi connectivity index (χ1) is 12.2. The van der Waals surface area contributed by atoms with E-state index in [0.717, 1.165) is 0 Å². The molecule has 144 valence electrons. The Morgan fingerprint density at radius 1 is 0.640 bits per heavy atom. The summed E-state index contributed by atoms with van der Waals surface area (Å²) in [5.41, 5.74) is 4.30. The Balaban J connectivity index is 1.90. The topological polar surface area (TPSA) is 3.88 Å². The summed E-state index contributed by atoms with van der Waals surface area (Å²) in [5.74, 6) is 0. The summed E-state index contributed by atoms with van der Waals surface area (Å²) in [6, 6.07) is 2.26. The molecule has 1 rings (SSSR count). The molecule has 0 atom stereocenters. The van der Waals surface area contributed by atoms with Crippen molar-refractivity contribution in [1.82, 2.24) is 0 Å². The molecule has 1 nitrogen and oxygen atoms in total. The third-order valence-corrected chi connectivity index (χ3v) is 5.82. The maximum atomic E-state index is 2.43. The normalized spacial score (nSPS) is 11.2. The lowest BCUT2D eigenvalue weighted by molar-refractivity contribution is -0.703. The number of unbranched alkanes of at least 4 members (excludes halogenated alkanes) is 13. The Kier molecular flexibility index (Phi) is 12.7. The van der Waals surface area contributed by atoms with Crippen LogP contribution in [0.3, 0.4) is 0 Å². The largest absolute Gasteiger partial charge is 0.202 e. The third kappa shape index (κ3) is 10.0. The van der Waals surface area contributed by atoms with Gasteiger partial charge in [-0.2, -0.15) is 0 Å². The van der Waals surface area contributed by atoms with Crippen molar-refractivity contribution in [3.8, 4) is 0 Å². The highest BCUT2D eigenvalue weighted by atomic mass is 14.9. The fraction of sp³-hybridized carbons (Fsp3) is 0.792. The second-order valence-electron chi connectivity index (χ2n) is 8.00. The molecule has 0 saturated carbocycles. The number of hydrogen-bond donors (Lipinski definition) is 0. The van der Waals surface area contributed by atoms with E-state index in [1.807, 2.05) is 0 Å². The molecule has 0 amide bonds. The van der Waals surface area contributed by atoms with Crippen LogP contribution >= 0.6 is 0 Å². The van der Waals surface area contributed by atoms with Gasteiger partial charge in [-0.3, -0.25) is 0 Å². The van der Waals surface area contributed by atoms with Gasteiger partial charge in [0.25, 0.3) is 0 Å². The zero-order chi connectivity index (χ0) is 18.3. The van der Waals surface area contributed by atoms with Crippen molar-refractivity contribution in [3.05, 3.63) is 29.1 Å². The van der Waals surface area contributed by atoms with Crippen LogP contribution in [0.2, 0.25) is 0 Å². The van der Waals surface area contributed by atoms with Crippen molar-refractivity contribution in [2.75, 3.05) is 0 Å². The maximum absolute atomic E-state index is 2.43. The van der Waals surface area contributed by atoms with Gasteiger partial charge in [-0.25, -0.2) is 4.57 Å². The summed E-state index contributed by atoms with van der Waals surface area (Å²) in [5, 5.41) is 0. The van der Waals surface area contributed by atoms with Gasteiger partial charge in [0, 0.05) is 25.0 Å². The average molecular weight is 347 g/mol. The molecule has 1 aromatic heterocycles. The van der Waals surface area contributed by atoms with Crippen LogP contribution in [0.4, 0.5) is 0 Å². The van der Waals surface area contributed by atoms with Crippen LogP contribution in [-0.4, -0.2) is 0 Å². The molecule has 0 saturated heterocycles. The van der Waals surface area contributed by atoms with Gasteiger partial charge in [-0.05, 0) is 25.8 Å². The number of aromatic nitrogens is 1. The molecule has 0 aliphatic rings. The monoisotopic (exact) mass is 346 g/mol. The minimum absolute atomic E-state index is 1.19. The second-order valence-corrected chi connectivity index (χ2v) is 8.00. The highest BCUT2D eigenvalue weighted by Crippen LogP contribution is 2.13. The van der Waals surface area contributed by atoms with Crippen LogP contribution in [-0.2, 0) is 6.54 Å². The molecule has 0 unspecified atom stereocenters. The van der Waals surface area contributed by atoms with Gasteiger partial charge in [-0.15, -0.1) is 0 Å². The van der Waals surface area contributed by atoms with Crippen LogP contribution in [0.5, 0.6) is 0 Å². The van der Waals surface area contributed by atoms with Crippen molar-refractivity contribution in [2.45, 2.75) is 124 Å². The molecule has 0 aliphatic carbocycles. The van der Waals surface area contributed by atoms with Gasteiger partial charge in [-0.1, -0.05) is 84.0 Å². The third-order valence-electron chi connectivity index (χ3n) is 5.82. The Morgan fingerprint density at radius 3 is 1.56 bits per heavy atom. The van der Waals surface area contributed by atoms with Crippen LogP contribution in [0.15, 0.2) is 12.3 Å². The molecule has 25 heavy (non-hydrogen) atoms. The van der Waals surface area contributed by atoms with Crippen LogP contribution < -0.4 is 4.57 Å². The molecule has 1 heteroatoms. The number of hydrogen-bond acceptors (Lipinski definition) is 0. The van der Waals surface area contributed by atoms with Crippen molar-refractivity contribution >= 4 is 0 Å². The molecule has 0 aromatic carbocycles. The van der Waals surface area contributed by atoms with Crippen LogP contribution in [0.25, 0.3) is 0 Å². The smallest absolute Gasteiger partial charge is 0.181 e. The summed E-state index contributed by atoms with van der Waals surface area (Å²) in [4.78, 5) is 0. The van der Waals surface area contributed by atoms with Gasteiger partial charge < -0.3 is 0 Å². The van der Waals surface area contributed by atoms with E-state index in [0.29, 0.717) is 0 Å². The van der Waals surface area contributed by atoms with E-state index < -0.39 is 0 Å². The molecule has 1 heterocycles. The predicted octanol–water partition coefficient (Wildman–Crippen LogP) is 7.38. The lowest BCUT2D eigenvalue weighted by atomic mass is 10.0. The Hall–Kier alpha value is -0.850. The summed E-state index contributed by atoms with van der Waals surface area (Å²) in [6.45, 7) is 10.2. The Bertz CT molecular complexity index is 450. The van der Waals surface area contributed by atoms with Gasteiger partial charge >= 0.3 is 0 Å². The molecule has 0 aliphatic heterocycles. The van der Waals surface area contributed by atoms with E-state index >= 15 is 0 Å². The van der Waals surface area contributed by atoms with E-state index in [1.54, 1.807) is 0 Å². The highest BCUT2D eigenvalue weighted by molar-refractivity contribution is 5.22. The van der Waals surface area contributed by atoms with Crippen molar-refractivity contribution in [2.24, 2.45) is 0 Å². The van der Waals surface area contributed by atoms with Crippen molar-refractivity contribution < 1.29 is 4.57 Å². The minimum Gasteiger partial charge on any atom is -0.202 e. The predicted molar refractivity (Wildman–Crippen MR) is 111 cm³/mol. The number of pyridine rings is 1. The lowest BCUT2D eigenvalue weighted by Crippen LogP contribution is -2.37. The number of rotatable bonds is 15. The SMILES string of the molecule is CCCCCCCCCCCCCCCC[n+]1ccc(C)c(C)c1C. The molecule has 1 aromatic rings. The first kappa shape index (κ1) is 22.2. The van der Waals surface area contributed by atoms with E-state index in [1.165, 1.54) is 113 Å². The fourth-order valence-corrected chi connectivity index (χ4v) is 3.66. The van der Waals surface area contributed by atoms with Gasteiger partial charge in [0.05, 0.1) is 0 Å². The number of aryl methyl sites for hydroxylation is 2. The zero-order valence-electron chi connectivity index (χ0n) is 17.7. The lowest BCUT2D eigenvalue weighted by Gasteiger charge is -2.06. The molecular formula is C24H44N+. The van der Waals surface area contributed by atoms with E-state index in [2.05, 4.69) is 44.5 Å². The van der Waals surface area contributed by atoms with Gasteiger partial charge in [0.2, 0.25) is 0 Å². The summed E-state index contributed by atoms with van der Waals surface area (Å²) < 4.78 is 2.43. The number of nitrogens with zero attached hydrogens (tertiary/aromatic N) is 1. The van der Waals surface area contributed by atoms with Crippen LogP contribution in [0, 0.1) is 20.8 Å². The first-order valence-corrected chi connectivity index (χ1v) is 11.1. The molecule has 0 fully saturated rings. The van der Waals surface area contributed by atoms with E-state index in [4.69, 9.17) is 0 Å². The Morgan fingerprint density at radius 2 is 1.08 bits per heavy atom. The van der Waals surface area contributed by atoms with E-state index in [-0.39, 0.29) is 0 Å². The summed E-state index contributed by atoms with van der Waals surface area (Å²) in [7, 11) is 0. The van der Waals surface area contributed by atoms with E-state index in [9.17, 15) is 0 Å². The first-order valence-electron chi connectivity index (χ1n) is 11.1. The summed E-state index contributed by atoms with van der Waals surface area (Å²) in [6.07, 6.45) is 22.3. The average Bonchev–Trinajstić information content (AvgIpc) is 2.61. The van der Waals surface area contributed by atoms with Crippen LogP contribution in [0.1, 0.15) is 114 Å². The zero-order valence-corrected chi connectivity index (χ0v) is 17.7. The maximum Gasteiger partial charge on any atom is 0.181 e. The van der Waals surface area contributed by atoms with Crippen molar-refractivity contribution in [3.63, 3.8) is 0 Å².